The van der Waals surface area contributed by atoms with Crippen molar-refractivity contribution in [1.29, 1.82) is 0 Å². The van der Waals surface area contributed by atoms with Crippen LogP contribution in [0, 0.1) is 0 Å². The lowest BCUT2D eigenvalue weighted by atomic mass is 10.0. The number of imide groups is 1. The van der Waals surface area contributed by atoms with Crippen LogP contribution in [0.5, 0.6) is 5.75 Å². The predicted octanol–water partition coefficient (Wildman–Crippen LogP) is 4.12. The molecule has 3 aromatic carbocycles. The number of rotatable bonds is 5. The first-order valence-electron chi connectivity index (χ1n) is 9.12. The number of hydrogen-bond acceptors (Lipinski definition) is 5. The van der Waals surface area contributed by atoms with Gasteiger partial charge in [-0.05, 0) is 42.8 Å². The zero-order chi connectivity index (χ0) is 20.4. The summed E-state index contributed by atoms with van der Waals surface area (Å²) >= 11 is 0. The summed E-state index contributed by atoms with van der Waals surface area (Å²) in [5.74, 6) is -1.41. The molecule has 0 aromatic heterocycles. The lowest BCUT2D eigenvalue weighted by Crippen LogP contribution is -2.32. The average Bonchev–Trinajstić information content (AvgIpc) is 2.99. The molecule has 0 unspecified atom stereocenters. The summed E-state index contributed by atoms with van der Waals surface area (Å²) in [5, 5.41) is 0.508. The van der Waals surface area contributed by atoms with Crippen LogP contribution in [-0.4, -0.2) is 29.5 Å². The fourth-order valence-corrected chi connectivity index (χ4v) is 3.19. The van der Waals surface area contributed by atoms with Crippen LogP contribution >= 0.6 is 0 Å². The minimum absolute atomic E-state index is 0.213. The lowest BCUT2D eigenvalue weighted by molar-refractivity contribution is -0.0584. The first-order valence-corrected chi connectivity index (χ1v) is 9.12. The van der Waals surface area contributed by atoms with Crippen LogP contribution in [0.25, 0.3) is 11.1 Å². The molecule has 1 aliphatic rings. The van der Waals surface area contributed by atoms with Gasteiger partial charge in [0.15, 0.2) is 0 Å². The van der Waals surface area contributed by atoms with E-state index in [1.54, 1.807) is 30.3 Å². The summed E-state index contributed by atoms with van der Waals surface area (Å²) < 4.78 is 5.65. The van der Waals surface area contributed by atoms with Gasteiger partial charge in [-0.1, -0.05) is 47.5 Å². The SMILES string of the molecule is CCOc1ccccc1-c1cccc(C(=O)ON2C(=O)c3ccccc3C2=O)c1. The zero-order valence-electron chi connectivity index (χ0n) is 15.6. The molecule has 4 rings (SSSR count). The Balaban J connectivity index is 1.59. The molecule has 0 bridgehead atoms. The Kier molecular flexibility index (Phi) is 4.83. The van der Waals surface area contributed by atoms with Gasteiger partial charge in [0.2, 0.25) is 0 Å². The molecule has 2 amide bonds. The van der Waals surface area contributed by atoms with E-state index in [1.807, 2.05) is 37.3 Å². The van der Waals surface area contributed by atoms with Gasteiger partial charge >= 0.3 is 5.97 Å². The third kappa shape index (κ3) is 3.36. The molecule has 1 aliphatic heterocycles. The molecular weight excluding hydrogens is 370 g/mol. The molecule has 0 N–H and O–H groups in total. The molecule has 0 saturated carbocycles. The highest BCUT2D eigenvalue weighted by Crippen LogP contribution is 2.31. The number of carbonyl (C=O) groups excluding carboxylic acids is 3. The minimum Gasteiger partial charge on any atom is -0.493 e. The van der Waals surface area contributed by atoms with Crippen molar-refractivity contribution in [2.24, 2.45) is 0 Å². The Hall–Kier alpha value is -3.93. The second-order valence-electron chi connectivity index (χ2n) is 6.34. The maximum Gasteiger partial charge on any atom is 0.363 e. The highest BCUT2D eigenvalue weighted by atomic mass is 16.7. The van der Waals surface area contributed by atoms with Crippen molar-refractivity contribution in [2.75, 3.05) is 6.61 Å². The number of hydroxylamine groups is 2. The monoisotopic (exact) mass is 387 g/mol. The molecule has 3 aromatic rings. The van der Waals surface area contributed by atoms with Crippen molar-refractivity contribution in [3.63, 3.8) is 0 Å². The molecule has 6 heteroatoms. The zero-order valence-corrected chi connectivity index (χ0v) is 15.6. The summed E-state index contributed by atoms with van der Waals surface area (Å²) in [5.41, 5.74) is 2.22. The number of benzene rings is 3. The summed E-state index contributed by atoms with van der Waals surface area (Å²) in [4.78, 5) is 42.6. The molecule has 0 atom stereocenters. The number of para-hydroxylation sites is 1. The number of fused-ring (bicyclic) bond motifs is 1. The standard InChI is InChI=1S/C23H17NO5/c1-2-28-20-13-6-5-10-17(20)15-8-7-9-16(14-15)23(27)29-24-21(25)18-11-3-4-12-19(18)22(24)26/h3-14H,2H2,1H3. The van der Waals surface area contributed by atoms with Gasteiger partial charge in [-0.25, -0.2) is 4.79 Å². The van der Waals surface area contributed by atoms with E-state index in [2.05, 4.69) is 0 Å². The van der Waals surface area contributed by atoms with Gasteiger partial charge in [0.1, 0.15) is 5.75 Å². The first kappa shape index (κ1) is 18.4. The van der Waals surface area contributed by atoms with Gasteiger partial charge in [0, 0.05) is 5.56 Å². The van der Waals surface area contributed by atoms with E-state index in [1.165, 1.54) is 12.1 Å². The van der Waals surface area contributed by atoms with E-state index in [0.717, 1.165) is 11.1 Å². The molecule has 0 radical (unpaired) electrons. The molecule has 0 fully saturated rings. The summed E-state index contributed by atoms with van der Waals surface area (Å²) in [6.45, 7) is 2.41. The Morgan fingerprint density at radius 1 is 0.828 bits per heavy atom. The number of ether oxygens (including phenoxy) is 1. The van der Waals surface area contributed by atoms with Crippen molar-refractivity contribution in [1.82, 2.24) is 5.06 Å². The van der Waals surface area contributed by atoms with Crippen LogP contribution in [0.4, 0.5) is 0 Å². The van der Waals surface area contributed by atoms with E-state index in [4.69, 9.17) is 9.57 Å². The van der Waals surface area contributed by atoms with E-state index in [0.29, 0.717) is 17.4 Å². The Morgan fingerprint density at radius 3 is 2.10 bits per heavy atom. The third-order valence-corrected chi connectivity index (χ3v) is 4.53. The fraction of sp³-hybridized carbons (Fsp3) is 0.0870. The van der Waals surface area contributed by atoms with E-state index < -0.39 is 17.8 Å². The fourth-order valence-electron chi connectivity index (χ4n) is 3.19. The van der Waals surface area contributed by atoms with Crippen molar-refractivity contribution in [3.8, 4) is 16.9 Å². The highest BCUT2D eigenvalue weighted by Gasteiger charge is 2.38. The summed E-state index contributed by atoms with van der Waals surface area (Å²) in [6.07, 6.45) is 0. The van der Waals surface area contributed by atoms with Crippen LogP contribution in [0.15, 0.2) is 72.8 Å². The van der Waals surface area contributed by atoms with Crippen molar-refractivity contribution in [3.05, 3.63) is 89.5 Å². The highest BCUT2D eigenvalue weighted by molar-refractivity contribution is 6.21. The molecule has 29 heavy (non-hydrogen) atoms. The van der Waals surface area contributed by atoms with E-state index in [9.17, 15) is 14.4 Å². The summed E-state index contributed by atoms with van der Waals surface area (Å²) in [6, 6.07) is 20.6. The minimum atomic E-state index is -0.796. The average molecular weight is 387 g/mol. The van der Waals surface area contributed by atoms with Crippen LogP contribution in [0.1, 0.15) is 38.0 Å². The van der Waals surface area contributed by atoms with Gasteiger partial charge in [-0.15, -0.1) is 0 Å². The van der Waals surface area contributed by atoms with Crippen molar-refractivity contribution in [2.45, 2.75) is 6.92 Å². The molecular formula is C23H17NO5. The summed E-state index contributed by atoms with van der Waals surface area (Å²) in [7, 11) is 0. The van der Waals surface area contributed by atoms with Gasteiger partial charge < -0.3 is 9.57 Å². The second kappa shape index (κ2) is 7.59. The molecule has 1 heterocycles. The van der Waals surface area contributed by atoms with Gasteiger partial charge in [0.05, 0.1) is 23.3 Å². The third-order valence-electron chi connectivity index (χ3n) is 4.53. The van der Waals surface area contributed by atoms with Crippen LogP contribution in [0.3, 0.4) is 0 Å². The molecule has 0 spiro atoms. The van der Waals surface area contributed by atoms with Gasteiger partial charge in [-0.2, -0.15) is 0 Å². The predicted molar refractivity (Wildman–Crippen MR) is 105 cm³/mol. The van der Waals surface area contributed by atoms with E-state index in [-0.39, 0.29) is 16.7 Å². The second-order valence-corrected chi connectivity index (χ2v) is 6.34. The maximum atomic E-state index is 12.6. The Bertz CT molecular complexity index is 1090. The van der Waals surface area contributed by atoms with Crippen molar-refractivity contribution < 1.29 is 24.0 Å². The van der Waals surface area contributed by atoms with Gasteiger partial charge in [0.25, 0.3) is 11.8 Å². The van der Waals surface area contributed by atoms with Crippen LogP contribution in [0.2, 0.25) is 0 Å². The maximum absolute atomic E-state index is 12.6. The molecule has 0 aliphatic carbocycles. The Morgan fingerprint density at radius 2 is 1.45 bits per heavy atom. The molecule has 0 saturated heterocycles. The normalized spacial score (nSPS) is 12.7. The lowest BCUT2D eigenvalue weighted by Gasteiger charge is -2.14. The quantitative estimate of drug-likeness (QED) is 0.616. The largest absolute Gasteiger partial charge is 0.493 e. The van der Waals surface area contributed by atoms with Crippen molar-refractivity contribution >= 4 is 17.8 Å². The molecule has 144 valence electrons. The smallest absolute Gasteiger partial charge is 0.363 e. The number of amides is 2. The van der Waals surface area contributed by atoms with Crippen LogP contribution in [-0.2, 0) is 4.84 Å². The number of nitrogens with zero attached hydrogens (tertiary/aromatic N) is 1. The Labute approximate surface area is 167 Å². The van der Waals surface area contributed by atoms with E-state index >= 15 is 0 Å². The van der Waals surface area contributed by atoms with Gasteiger partial charge in [-0.3, -0.25) is 9.59 Å². The number of hydrogen-bond donors (Lipinski definition) is 0. The topological polar surface area (TPSA) is 72.9 Å². The molecule has 6 nitrogen and oxygen atoms in total. The van der Waals surface area contributed by atoms with Crippen LogP contribution < -0.4 is 4.74 Å². The first-order chi connectivity index (χ1) is 14.1. The number of carbonyl (C=O) groups is 3.